The number of rotatable bonds is 7. The van der Waals surface area contributed by atoms with Crippen molar-refractivity contribution in [2.75, 3.05) is 32.8 Å². The highest BCUT2D eigenvalue weighted by atomic mass is 16.5. The number of nitrogens with one attached hydrogen (secondary N) is 3. The lowest BCUT2D eigenvalue weighted by Crippen LogP contribution is -2.48. The first-order valence-corrected chi connectivity index (χ1v) is 9.42. The predicted octanol–water partition coefficient (Wildman–Crippen LogP) is 1.21. The highest BCUT2D eigenvalue weighted by molar-refractivity contribution is 5.82. The number of hydrogen-bond acceptors (Lipinski definition) is 5. The summed E-state index contributed by atoms with van der Waals surface area (Å²) in [7, 11) is 0. The van der Waals surface area contributed by atoms with Gasteiger partial charge >= 0.3 is 0 Å². The Balaban J connectivity index is 1.62. The minimum absolute atomic E-state index is 0.00109. The van der Waals surface area contributed by atoms with Crippen molar-refractivity contribution < 1.29 is 9.53 Å². The molecule has 0 saturated carbocycles. The molecule has 2 fully saturated rings. The van der Waals surface area contributed by atoms with Gasteiger partial charge in [0.15, 0.2) is 0 Å². The zero-order valence-corrected chi connectivity index (χ0v) is 15.0. The zero-order valence-electron chi connectivity index (χ0n) is 15.0. The van der Waals surface area contributed by atoms with Crippen LogP contribution in [0.2, 0.25) is 0 Å². The van der Waals surface area contributed by atoms with E-state index in [1.807, 2.05) is 18.2 Å². The van der Waals surface area contributed by atoms with Crippen molar-refractivity contribution in [3.63, 3.8) is 0 Å². The van der Waals surface area contributed by atoms with E-state index >= 15 is 0 Å². The van der Waals surface area contributed by atoms with Crippen molar-refractivity contribution in [1.82, 2.24) is 21.1 Å². The maximum Gasteiger partial charge on any atom is 0.239 e. The Morgan fingerprint density at radius 3 is 2.76 bits per heavy atom. The second-order valence-electron chi connectivity index (χ2n) is 6.95. The van der Waals surface area contributed by atoms with Crippen molar-refractivity contribution in [3.05, 3.63) is 35.9 Å². The Labute approximate surface area is 150 Å². The van der Waals surface area contributed by atoms with E-state index in [-0.39, 0.29) is 18.0 Å². The van der Waals surface area contributed by atoms with Crippen LogP contribution in [0.15, 0.2) is 30.3 Å². The van der Waals surface area contributed by atoms with Gasteiger partial charge in [-0.05, 0) is 18.4 Å². The Bertz CT molecular complexity index is 533. The first kappa shape index (κ1) is 18.3. The Kier molecular flexibility index (Phi) is 6.81. The molecule has 2 aliphatic heterocycles. The van der Waals surface area contributed by atoms with Gasteiger partial charge in [0, 0.05) is 25.7 Å². The van der Waals surface area contributed by atoms with Gasteiger partial charge in [0.2, 0.25) is 5.91 Å². The van der Waals surface area contributed by atoms with Gasteiger partial charge in [0.1, 0.15) is 6.04 Å². The molecule has 0 spiro atoms. The monoisotopic (exact) mass is 346 g/mol. The van der Waals surface area contributed by atoms with Crippen molar-refractivity contribution in [2.45, 2.75) is 44.3 Å². The largest absolute Gasteiger partial charge is 0.379 e. The highest BCUT2D eigenvalue weighted by Crippen LogP contribution is 2.17. The van der Waals surface area contributed by atoms with Crippen LogP contribution in [0.3, 0.4) is 0 Å². The topological polar surface area (TPSA) is 65.6 Å². The SMILES string of the molecule is CCCC1CC(C(=O)NC(CN2CCOCC2)c2ccccc2)NN1. The summed E-state index contributed by atoms with van der Waals surface area (Å²) in [5.74, 6) is 0.0771. The van der Waals surface area contributed by atoms with Crippen LogP contribution >= 0.6 is 0 Å². The molecule has 1 aromatic rings. The van der Waals surface area contributed by atoms with Gasteiger partial charge in [-0.2, -0.15) is 0 Å². The number of benzene rings is 1. The molecule has 3 unspecified atom stereocenters. The fourth-order valence-electron chi connectivity index (χ4n) is 3.57. The average molecular weight is 346 g/mol. The molecule has 6 nitrogen and oxygen atoms in total. The number of morpholine rings is 1. The molecular formula is C19H30N4O2. The fraction of sp³-hybridized carbons (Fsp3) is 0.632. The number of carbonyl (C=O) groups is 1. The van der Waals surface area contributed by atoms with Gasteiger partial charge < -0.3 is 10.1 Å². The molecule has 0 aromatic heterocycles. The van der Waals surface area contributed by atoms with Crippen LogP contribution in [0.1, 0.15) is 37.8 Å². The predicted molar refractivity (Wildman–Crippen MR) is 98.0 cm³/mol. The standard InChI is InChI=1S/C19H30N4O2/c1-2-6-16-13-17(22-21-16)19(24)20-18(15-7-4-3-5-8-15)14-23-9-11-25-12-10-23/h3-5,7-8,16-18,21-22H,2,6,9-14H2,1H3,(H,20,24). The second kappa shape index (κ2) is 9.29. The third-order valence-corrected chi connectivity index (χ3v) is 5.00. The molecule has 3 rings (SSSR count). The Morgan fingerprint density at radius 2 is 2.04 bits per heavy atom. The minimum atomic E-state index is -0.160. The zero-order chi connectivity index (χ0) is 17.5. The van der Waals surface area contributed by atoms with Crippen LogP contribution < -0.4 is 16.2 Å². The smallest absolute Gasteiger partial charge is 0.239 e. The number of hydrazine groups is 1. The molecule has 1 amide bonds. The van der Waals surface area contributed by atoms with Crippen molar-refractivity contribution in [1.29, 1.82) is 0 Å². The molecule has 0 radical (unpaired) electrons. The molecule has 0 bridgehead atoms. The van der Waals surface area contributed by atoms with Crippen LogP contribution in [-0.4, -0.2) is 55.7 Å². The summed E-state index contributed by atoms with van der Waals surface area (Å²) in [5.41, 5.74) is 7.55. The number of ether oxygens (including phenoxy) is 1. The number of hydrogen-bond donors (Lipinski definition) is 3. The van der Waals surface area contributed by atoms with Gasteiger partial charge in [0.05, 0.1) is 19.3 Å². The number of amides is 1. The van der Waals surface area contributed by atoms with Gasteiger partial charge in [-0.1, -0.05) is 43.7 Å². The molecule has 138 valence electrons. The summed E-state index contributed by atoms with van der Waals surface area (Å²) in [5, 5.41) is 3.26. The Hall–Kier alpha value is -1.47. The van der Waals surface area contributed by atoms with Crippen molar-refractivity contribution in [3.8, 4) is 0 Å². The lowest BCUT2D eigenvalue weighted by Gasteiger charge is -2.31. The van der Waals surface area contributed by atoms with Crippen molar-refractivity contribution >= 4 is 5.91 Å². The lowest BCUT2D eigenvalue weighted by atomic mass is 10.0. The quantitative estimate of drug-likeness (QED) is 0.693. The number of nitrogens with zero attached hydrogens (tertiary/aromatic N) is 1. The van der Waals surface area contributed by atoms with Crippen LogP contribution in [0.4, 0.5) is 0 Å². The van der Waals surface area contributed by atoms with Gasteiger partial charge in [-0.15, -0.1) is 0 Å². The molecule has 3 N–H and O–H groups in total. The molecule has 0 aliphatic carbocycles. The van der Waals surface area contributed by atoms with Gasteiger partial charge in [-0.25, -0.2) is 5.43 Å². The maximum absolute atomic E-state index is 12.8. The first-order chi connectivity index (χ1) is 12.3. The molecule has 2 heterocycles. The van der Waals surface area contributed by atoms with E-state index in [4.69, 9.17) is 4.74 Å². The molecule has 2 aliphatic rings. The van der Waals surface area contributed by atoms with Crippen LogP contribution in [-0.2, 0) is 9.53 Å². The average Bonchev–Trinajstić information content (AvgIpc) is 3.12. The summed E-state index contributed by atoms with van der Waals surface area (Å²) in [6.07, 6.45) is 3.06. The molecule has 6 heteroatoms. The molecular weight excluding hydrogens is 316 g/mol. The van der Waals surface area contributed by atoms with Gasteiger partial charge in [-0.3, -0.25) is 15.1 Å². The summed E-state index contributed by atoms with van der Waals surface area (Å²) in [4.78, 5) is 15.1. The maximum atomic E-state index is 12.8. The third-order valence-electron chi connectivity index (χ3n) is 5.00. The van der Waals surface area contributed by atoms with Crippen LogP contribution in [0.25, 0.3) is 0 Å². The summed E-state index contributed by atoms with van der Waals surface area (Å²) in [6.45, 7) is 6.35. The van der Waals surface area contributed by atoms with E-state index in [2.05, 4.69) is 40.1 Å². The van der Waals surface area contributed by atoms with E-state index in [0.717, 1.165) is 57.7 Å². The number of carbonyl (C=O) groups excluding carboxylic acids is 1. The van der Waals surface area contributed by atoms with E-state index in [9.17, 15) is 4.79 Å². The normalized spacial score (nSPS) is 25.6. The third kappa shape index (κ3) is 5.25. The molecule has 25 heavy (non-hydrogen) atoms. The highest BCUT2D eigenvalue weighted by Gasteiger charge is 2.30. The van der Waals surface area contributed by atoms with Crippen LogP contribution in [0, 0.1) is 0 Å². The van der Waals surface area contributed by atoms with E-state index in [1.54, 1.807) is 0 Å². The van der Waals surface area contributed by atoms with E-state index < -0.39 is 0 Å². The van der Waals surface area contributed by atoms with E-state index in [0.29, 0.717) is 6.04 Å². The van der Waals surface area contributed by atoms with E-state index in [1.165, 1.54) is 0 Å². The summed E-state index contributed by atoms with van der Waals surface area (Å²) >= 11 is 0. The second-order valence-corrected chi connectivity index (χ2v) is 6.95. The van der Waals surface area contributed by atoms with Crippen molar-refractivity contribution in [2.24, 2.45) is 0 Å². The lowest BCUT2D eigenvalue weighted by molar-refractivity contribution is -0.123. The Morgan fingerprint density at radius 1 is 1.28 bits per heavy atom. The first-order valence-electron chi connectivity index (χ1n) is 9.42. The minimum Gasteiger partial charge on any atom is -0.379 e. The summed E-state index contributed by atoms with van der Waals surface area (Å²) in [6, 6.07) is 10.5. The molecule has 3 atom stereocenters. The molecule has 2 saturated heterocycles. The fourth-order valence-corrected chi connectivity index (χ4v) is 3.57. The molecule has 1 aromatic carbocycles. The van der Waals surface area contributed by atoms with Gasteiger partial charge in [0.25, 0.3) is 0 Å². The summed E-state index contributed by atoms with van der Waals surface area (Å²) < 4.78 is 5.44. The van der Waals surface area contributed by atoms with Crippen LogP contribution in [0.5, 0.6) is 0 Å².